The van der Waals surface area contributed by atoms with E-state index in [2.05, 4.69) is 20.6 Å². The molecule has 4 rings (SSSR count). The number of aromatic nitrogens is 2. The minimum atomic E-state index is -4.56. The van der Waals surface area contributed by atoms with Gasteiger partial charge in [-0.1, -0.05) is 12.8 Å². The van der Waals surface area contributed by atoms with Gasteiger partial charge in [0.05, 0.1) is 0 Å². The van der Waals surface area contributed by atoms with Gasteiger partial charge >= 0.3 is 6.18 Å². The molecule has 1 saturated carbocycles. The molecule has 0 saturated heterocycles. The van der Waals surface area contributed by atoms with Crippen LogP contribution in [-0.4, -0.2) is 22.8 Å². The first-order valence-electron chi connectivity index (χ1n) is 8.37. The lowest BCUT2D eigenvalue weighted by atomic mass is 10.2. The Morgan fingerprint density at radius 3 is 2.54 bits per heavy atom. The highest BCUT2D eigenvalue weighted by Gasteiger charge is 2.34. The first-order valence-corrected chi connectivity index (χ1v) is 8.37. The van der Waals surface area contributed by atoms with E-state index in [1.807, 2.05) is 0 Å². The van der Waals surface area contributed by atoms with Crippen LogP contribution in [0.3, 0.4) is 0 Å². The maximum absolute atomic E-state index is 13.2. The second-order valence-electron chi connectivity index (χ2n) is 6.28. The standard InChI is InChI=1S/C17H17F3N4O2/c18-17(19,20)14-8-15(24-16(23-14)22-10-3-1-2-4-10)21-11-5-6-12-13(7-11)26-9-25-12/h5-8,10H,1-4,9H2,(H2,21,22,23,24). The molecule has 0 unspecified atom stereocenters. The summed E-state index contributed by atoms with van der Waals surface area (Å²) in [5, 5.41) is 5.90. The molecular weight excluding hydrogens is 349 g/mol. The first kappa shape index (κ1) is 16.7. The van der Waals surface area contributed by atoms with Crippen LogP contribution in [0.5, 0.6) is 11.5 Å². The number of hydrogen-bond acceptors (Lipinski definition) is 6. The molecular formula is C17H17F3N4O2. The summed E-state index contributed by atoms with van der Waals surface area (Å²) < 4.78 is 50.1. The van der Waals surface area contributed by atoms with Crippen LogP contribution in [0.25, 0.3) is 0 Å². The number of anilines is 3. The summed E-state index contributed by atoms with van der Waals surface area (Å²) in [6, 6.07) is 6.03. The van der Waals surface area contributed by atoms with Crippen LogP contribution < -0.4 is 20.1 Å². The maximum atomic E-state index is 13.2. The first-order chi connectivity index (χ1) is 12.5. The number of fused-ring (bicyclic) bond motifs is 1. The van der Waals surface area contributed by atoms with Crippen molar-refractivity contribution in [3.8, 4) is 11.5 Å². The van der Waals surface area contributed by atoms with Gasteiger partial charge in [0, 0.05) is 23.9 Å². The van der Waals surface area contributed by atoms with Gasteiger partial charge in [0.1, 0.15) is 5.82 Å². The number of rotatable bonds is 4. The van der Waals surface area contributed by atoms with Gasteiger partial charge in [-0.2, -0.15) is 18.2 Å². The highest BCUT2D eigenvalue weighted by molar-refractivity contribution is 5.62. The van der Waals surface area contributed by atoms with E-state index < -0.39 is 11.9 Å². The zero-order valence-electron chi connectivity index (χ0n) is 13.8. The van der Waals surface area contributed by atoms with Crippen molar-refractivity contribution in [1.29, 1.82) is 0 Å². The molecule has 9 heteroatoms. The summed E-state index contributed by atoms with van der Waals surface area (Å²) in [6.07, 6.45) is -0.632. The molecule has 0 radical (unpaired) electrons. The molecule has 0 atom stereocenters. The van der Waals surface area contributed by atoms with Gasteiger partial charge in [0.2, 0.25) is 12.7 Å². The lowest BCUT2D eigenvalue weighted by Crippen LogP contribution is -2.19. The third kappa shape index (κ3) is 3.61. The molecule has 1 aromatic heterocycles. The van der Waals surface area contributed by atoms with Crippen molar-refractivity contribution in [3.05, 3.63) is 30.0 Å². The highest BCUT2D eigenvalue weighted by atomic mass is 19.4. The molecule has 138 valence electrons. The number of alkyl halides is 3. The van der Waals surface area contributed by atoms with E-state index in [9.17, 15) is 13.2 Å². The second-order valence-corrected chi connectivity index (χ2v) is 6.28. The number of nitrogens with one attached hydrogen (secondary N) is 2. The lowest BCUT2D eigenvalue weighted by Gasteiger charge is -2.16. The van der Waals surface area contributed by atoms with Gasteiger partial charge < -0.3 is 20.1 Å². The summed E-state index contributed by atoms with van der Waals surface area (Å²) in [5.41, 5.74) is -0.441. The number of halogens is 3. The average Bonchev–Trinajstić information content (AvgIpc) is 3.25. The van der Waals surface area contributed by atoms with E-state index in [0.29, 0.717) is 17.2 Å². The summed E-state index contributed by atoms with van der Waals surface area (Å²) in [4.78, 5) is 7.83. The third-order valence-electron chi connectivity index (χ3n) is 4.35. The SMILES string of the molecule is FC(F)(F)c1cc(Nc2ccc3c(c2)OCO3)nc(NC2CCCC2)n1. The summed E-state index contributed by atoms with van der Waals surface area (Å²) >= 11 is 0. The molecule has 0 bridgehead atoms. The summed E-state index contributed by atoms with van der Waals surface area (Å²) in [5.74, 6) is 1.17. The van der Waals surface area contributed by atoms with E-state index in [1.54, 1.807) is 18.2 Å². The zero-order chi connectivity index (χ0) is 18.1. The fraction of sp³-hybridized carbons (Fsp3) is 0.412. The van der Waals surface area contributed by atoms with Crippen molar-refractivity contribution in [1.82, 2.24) is 9.97 Å². The molecule has 6 nitrogen and oxygen atoms in total. The second kappa shape index (κ2) is 6.54. The van der Waals surface area contributed by atoms with Crippen molar-refractivity contribution < 1.29 is 22.6 Å². The normalized spacial score (nSPS) is 16.7. The highest BCUT2D eigenvalue weighted by Crippen LogP contribution is 2.36. The Bertz CT molecular complexity index is 807. The van der Waals surface area contributed by atoms with Gasteiger partial charge in [0.25, 0.3) is 0 Å². The monoisotopic (exact) mass is 366 g/mol. The van der Waals surface area contributed by atoms with E-state index in [-0.39, 0.29) is 24.6 Å². The Labute approximate surface area is 147 Å². The van der Waals surface area contributed by atoms with Gasteiger partial charge in [-0.3, -0.25) is 0 Å². The number of benzene rings is 1. The molecule has 0 amide bonds. The fourth-order valence-electron chi connectivity index (χ4n) is 3.10. The van der Waals surface area contributed by atoms with Crippen LogP contribution in [0.15, 0.2) is 24.3 Å². The summed E-state index contributed by atoms with van der Waals surface area (Å²) in [6.45, 7) is 0.125. The van der Waals surface area contributed by atoms with Crippen LogP contribution in [-0.2, 0) is 6.18 Å². The van der Waals surface area contributed by atoms with E-state index in [0.717, 1.165) is 31.7 Å². The molecule has 1 aromatic carbocycles. The molecule has 2 aliphatic rings. The number of hydrogen-bond donors (Lipinski definition) is 2. The Hall–Kier alpha value is -2.71. The maximum Gasteiger partial charge on any atom is 0.433 e. The minimum absolute atomic E-state index is 0.0185. The van der Waals surface area contributed by atoms with Crippen LogP contribution in [0, 0.1) is 0 Å². The van der Waals surface area contributed by atoms with Crippen molar-refractivity contribution in [2.45, 2.75) is 37.9 Å². The Morgan fingerprint density at radius 2 is 1.77 bits per heavy atom. The van der Waals surface area contributed by atoms with Crippen LogP contribution in [0.1, 0.15) is 31.4 Å². The summed E-state index contributed by atoms with van der Waals surface area (Å²) in [7, 11) is 0. The number of nitrogens with zero attached hydrogens (tertiary/aromatic N) is 2. The Morgan fingerprint density at radius 1 is 1.00 bits per heavy atom. The quantitative estimate of drug-likeness (QED) is 0.840. The molecule has 1 aliphatic heterocycles. The number of ether oxygens (including phenoxy) is 2. The van der Waals surface area contributed by atoms with Crippen molar-refractivity contribution in [3.63, 3.8) is 0 Å². The zero-order valence-corrected chi connectivity index (χ0v) is 13.8. The largest absolute Gasteiger partial charge is 0.454 e. The predicted molar refractivity (Wildman–Crippen MR) is 88.8 cm³/mol. The van der Waals surface area contributed by atoms with E-state index in [1.165, 1.54) is 0 Å². The van der Waals surface area contributed by atoms with Crippen LogP contribution in [0.4, 0.5) is 30.6 Å². The van der Waals surface area contributed by atoms with Gasteiger partial charge in [-0.25, -0.2) is 4.98 Å². The molecule has 2 aromatic rings. The minimum Gasteiger partial charge on any atom is -0.454 e. The molecule has 26 heavy (non-hydrogen) atoms. The molecule has 2 N–H and O–H groups in total. The van der Waals surface area contributed by atoms with Gasteiger partial charge in [0.15, 0.2) is 17.2 Å². The molecule has 0 spiro atoms. The van der Waals surface area contributed by atoms with E-state index >= 15 is 0 Å². The van der Waals surface area contributed by atoms with Crippen LogP contribution in [0.2, 0.25) is 0 Å². The predicted octanol–water partition coefficient (Wildman–Crippen LogP) is 4.32. The lowest BCUT2D eigenvalue weighted by molar-refractivity contribution is -0.141. The molecule has 1 fully saturated rings. The smallest absolute Gasteiger partial charge is 0.433 e. The van der Waals surface area contributed by atoms with E-state index in [4.69, 9.17) is 9.47 Å². The van der Waals surface area contributed by atoms with Crippen molar-refractivity contribution >= 4 is 17.5 Å². The fourth-order valence-corrected chi connectivity index (χ4v) is 3.10. The van der Waals surface area contributed by atoms with Crippen molar-refractivity contribution in [2.75, 3.05) is 17.4 Å². The van der Waals surface area contributed by atoms with Crippen molar-refractivity contribution in [2.24, 2.45) is 0 Å². The average molecular weight is 366 g/mol. The molecule has 1 aliphatic carbocycles. The van der Waals surface area contributed by atoms with Crippen LogP contribution >= 0.6 is 0 Å². The van der Waals surface area contributed by atoms with Gasteiger partial charge in [-0.05, 0) is 25.0 Å². The topological polar surface area (TPSA) is 68.3 Å². The molecule has 2 heterocycles. The third-order valence-corrected chi connectivity index (χ3v) is 4.35. The Balaban J connectivity index is 1.61. The van der Waals surface area contributed by atoms with Gasteiger partial charge in [-0.15, -0.1) is 0 Å². The Kier molecular flexibility index (Phi) is 4.21.